The van der Waals surface area contributed by atoms with Gasteiger partial charge in [0.2, 0.25) is 5.78 Å². The molecular formula is C26H32O13. The highest BCUT2D eigenvalue weighted by Gasteiger charge is 2.34. The number of fused-ring (bicyclic) bond motifs is 2. The number of esters is 1. The van der Waals surface area contributed by atoms with Crippen molar-refractivity contribution in [1.82, 2.24) is 0 Å². The van der Waals surface area contributed by atoms with Crippen molar-refractivity contribution in [3.05, 3.63) is 64.6 Å². The van der Waals surface area contributed by atoms with E-state index in [2.05, 4.69) is 4.74 Å². The highest BCUT2D eigenvalue weighted by Crippen LogP contribution is 2.31. The van der Waals surface area contributed by atoms with Crippen molar-refractivity contribution in [2.24, 2.45) is 0 Å². The third kappa shape index (κ3) is 8.03. The van der Waals surface area contributed by atoms with E-state index in [0.717, 1.165) is 0 Å². The van der Waals surface area contributed by atoms with Crippen molar-refractivity contribution in [3.8, 4) is 0 Å². The van der Waals surface area contributed by atoms with Crippen LogP contribution in [-0.4, -0.2) is 109 Å². The summed E-state index contributed by atoms with van der Waals surface area (Å²) in [5.74, 6) is -3.02. The zero-order valence-electron chi connectivity index (χ0n) is 21.0. The van der Waals surface area contributed by atoms with Gasteiger partial charge in [0.05, 0.1) is 31.0 Å². The maximum atomic E-state index is 12.5. The minimum atomic E-state index is -1.51. The summed E-state index contributed by atoms with van der Waals surface area (Å²) in [6.45, 7) is 0.139. The smallest absolute Gasteiger partial charge is 0.334 e. The molecule has 0 amide bonds. The molecule has 0 saturated carbocycles. The average molecular weight is 553 g/mol. The number of hydrogen-bond acceptors (Lipinski definition) is 13. The van der Waals surface area contributed by atoms with Gasteiger partial charge in [0.1, 0.15) is 31.0 Å². The molecule has 13 nitrogen and oxygen atoms in total. The lowest BCUT2D eigenvalue weighted by Crippen LogP contribution is -2.45. The molecule has 8 N–H and O–H groups in total. The summed E-state index contributed by atoms with van der Waals surface area (Å²) in [7, 11) is 0. The largest absolute Gasteiger partial charge is 0.504 e. The summed E-state index contributed by atoms with van der Waals surface area (Å²) < 4.78 is 9.89. The van der Waals surface area contributed by atoms with Gasteiger partial charge in [-0.2, -0.15) is 0 Å². The summed E-state index contributed by atoms with van der Waals surface area (Å²) in [6, 6.07) is 7.44. The third-order valence-corrected chi connectivity index (χ3v) is 5.64. The first-order valence-electron chi connectivity index (χ1n) is 12.0. The Morgan fingerprint density at radius 3 is 2.08 bits per heavy atom. The van der Waals surface area contributed by atoms with Gasteiger partial charge in [-0.05, 0) is 12.5 Å². The minimum Gasteiger partial charge on any atom is -0.504 e. The Kier molecular flexibility index (Phi) is 11.9. The average Bonchev–Trinajstić information content (AvgIpc) is 3.40. The Hall–Kier alpha value is -3.43. The van der Waals surface area contributed by atoms with Crippen LogP contribution in [0.3, 0.4) is 0 Å². The van der Waals surface area contributed by atoms with Crippen LogP contribution in [-0.2, 0) is 9.53 Å². The molecule has 0 radical (unpaired) electrons. The first-order valence-corrected chi connectivity index (χ1v) is 12.0. The molecule has 1 aromatic heterocycles. The summed E-state index contributed by atoms with van der Waals surface area (Å²) in [5.41, 5.74) is 0.428. The van der Waals surface area contributed by atoms with Gasteiger partial charge in [-0.1, -0.05) is 37.6 Å². The predicted octanol–water partition coefficient (Wildman–Crippen LogP) is -0.927. The number of ether oxygens (including phenoxy) is 1. The first kappa shape index (κ1) is 31.8. The lowest BCUT2D eigenvalue weighted by atomic mass is 9.88. The number of ketones is 2. The third-order valence-electron chi connectivity index (χ3n) is 5.64. The van der Waals surface area contributed by atoms with E-state index >= 15 is 0 Å². The van der Waals surface area contributed by atoms with Crippen LogP contribution >= 0.6 is 0 Å². The molecule has 13 heteroatoms. The summed E-state index contributed by atoms with van der Waals surface area (Å²) in [6.07, 6.45) is -4.96. The maximum absolute atomic E-state index is 12.5. The summed E-state index contributed by atoms with van der Waals surface area (Å²) >= 11 is 0. The van der Waals surface area contributed by atoms with E-state index in [-0.39, 0.29) is 28.2 Å². The molecule has 1 heterocycles. The van der Waals surface area contributed by atoms with Crippen LogP contribution in [0.4, 0.5) is 0 Å². The fourth-order valence-corrected chi connectivity index (χ4v) is 3.49. The molecule has 0 fully saturated rings. The van der Waals surface area contributed by atoms with Gasteiger partial charge < -0.3 is 50.0 Å². The molecule has 0 spiro atoms. The fourth-order valence-electron chi connectivity index (χ4n) is 3.49. The number of rotatable bonds is 11. The van der Waals surface area contributed by atoms with Gasteiger partial charge in [0.15, 0.2) is 23.1 Å². The second-order valence-electron chi connectivity index (χ2n) is 8.64. The highest BCUT2D eigenvalue weighted by molar-refractivity contribution is 6.27. The minimum absolute atomic E-state index is 0.00674. The number of carbonyl (C=O) groups excluding carboxylic acids is 3. The van der Waals surface area contributed by atoms with Gasteiger partial charge in [-0.15, -0.1) is 0 Å². The molecule has 214 valence electrons. The lowest BCUT2D eigenvalue weighted by molar-refractivity contribution is -0.141. The van der Waals surface area contributed by atoms with E-state index < -0.39 is 73.6 Å². The predicted molar refractivity (Wildman–Crippen MR) is 133 cm³/mol. The Morgan fingerprint density at radius 1 is 0.923 bits per heavy atom. The van der Waals surface area contributed by atoms with Crippen LogP contribution in [0.15, 0.2) is 40.8 Å². The van der Waals surface area contributed by atoms with Gasteiger partial charge in [0.25, 0.3) is 0 Å². The molecule has 0 saturated heterocycles. The van der Waals surface area contributed by atoms with Crippen LogP contribution in [0, 0.1) is 0 Å². The van der Waals surface area contributed by atoms with Crippen LogP contribution in [0.1, 0.15) is 57.6 Å². The van der Waals surface area contributed by atoms with E-state index in [1.165, 1.54) is 18.2 Å². The van der Waals surface area contributed by atoms with Crippen LogP contribution < -0.4 is 0 Å². The van der Waals surface area contributed by atoms with Crippen molar-refractivity contribution in [1.29, 1.82) is 0 Å². The van der Waals surface area contributed by atoms with Gasteiger partial charge >= 0.3 is 5.97 Å². The molecular weight excluding hydrogens is 520 g/mol. The van der Waals surface area contributed by atoms with Crippen LogP contribution in [0.25, 0.3) is 5.76 Å². The van der Waals surface area contributed by atoms with E-state index in [9.17, 15) is 29.7 Å². The number of aliphatic hydroxyl groups is 8. The highest BCUT2D eigenvalue weighted by atomic mass is 16.5. The zero-order chi connectivity index (χ0) is 29.3. The van der Waals surface area contributed by atoms with Gasteiger partial charge in [-0.25, -0.2) is 4.79 Å². The molecule has 0 bridgehead atoms. The van der Waals surface area contributed by atoms with Crippen molar-refractivity contribution >= 4 is 23.3 Å². The molecule has 39 heavy (non-hydrogen) atoms. The molecule has 0 aliphatic heterocycles. The molecule has 5 atom stereocenters. The molecule has 1 aliphatic rings. The normalized spacial score (nSPS) is 16.7. The monoisotopic (exact) mass is 552 g/mol. The van der Waals surface area contributed by atoms with Crippen LogP contribution in [0.5, 0.6) is 0 Å². The van der Waals surface area contributed by atoms with Gasteiger partial charge in [-0.3, -0.25) is 9.59 Å². The Bertz CT molecular complexity index is 1120. The fraction of sp³-hybridized carbons (Fsp3) is 0.423. The Labute approximate surface area is 222 Å². The van der Waals surface area contributed by atoms with Crippen LogP contribution in [0.2, 0.25) is 0 Å². The second-order valence-corrected chi connectivity index (χ2v) is 8.64. The van der Waals surface area contributed by atoms with E-state index in [0.29, 0.717) is 18.9 Å². The number of benzene rings is 1. The number of hydrogen-bond donors (Lipinski definition) is 8. The van der Waals surface area contributed by atoms with Crippen molar-refractivity contribution in [3.63, 3.8) is 0 Å². The van der Waals surface area contributed by atoms with Crippen molar-refractivity contribution in [2.45, 2.75) is 50.3 Å². The first-order chi connectivity index (χ1) is 18.5. The van der Waals surface area contributed by atoms with Gasteiger partial charge in [0, 0.05) is 11.1 Å². The van der Waals surface area contributed by atoms with E-state index in [1.54, 1.807) is 12.1 Å². The van der Waals surface area contributed by atoms with E-state index in [1.807, 2.05) is 6.92 Å². The topological polar surface area (TPSA) is 235 Å². The van der Waals surface area contributed by atoms with E-state index in [4.69, 9.17) is 29.9 Å². The second kappa shape index (κ2) is 14.6. The number of aliphatic hydroxyl groups excluding tert-OH is 8. The molecule has 1 aliphatic carbocycles. The SMILES string of the molecule is CCC[C@H](O)[C@@H](O)[C@H](O)[C@H](O)CO.O=C(/C=C(\O)c1cc2c(o1)C(=O)c1ccccc1C2=O)OCC(O)CO. The molecule has 1 aromatic carbocycles. The lowest BCUT2D eigenvalue weighted by Gasteiger charge is -2.25. The number of carbonyl (C=O) groups is 3. The zero-order valence-corrected chi connectivity index (χ0v) is 21.0. The summed E-state index contributed by atoms with van der Waals surface area (Å²) in [4.78, 5) is 36.5. The summed E-state index contributed by atoms with van der Waals surface area (Å²) in [5, 5.41) is 72.8. The maximum Gasteiger partial charge on any atom is 0.334 e. The number of furan rings is 1. The van der Waals surface area contributed by atoms with Crippen molar-refractivity contribution in [2.75, 3.05) is 19.8 Å². The standard InChI is InChI=1S/C18H14O8.C8H18O5/c19-7-9(20)8-25-15(22)6-13(21)14-5-12-16(23)10-3-1-2-4-11(10)17(24)18(12)26-14;1-2-3-5(10)7(12)8(13)6(11)4-9/h1-6,9,19-21H,7-8H2;5-13H,2-4H2,1H3/b13-6-;/t;5-,6+,7+,8+/m.0/s1. The Morgan fingerprint density at radius 2 is 1.51 bits per heavy atom. The van der Waals surface area contributed by atoms with Crippen molar-refractivity contribution < 1.29 is 64.4 Å². The quantitative estimate of drug-likeness (QED) is 0.0816. The molecule has 2 aromatic rings. The molecule has 3 rings (SSSR count). The Balaban J connectivity index is 0.000000349. The molecule has 1 unspecified atom stereocenters.